The fraction of sp³-hybridized carbons (Fsp3) is 0.640. The number of hydrogen-bond donors (Lipinski definition) is 5. The number of hydrazine groups is 1. The number of urea groups is 1. The molecule has 1 unspecified atom stereocenters. The third kappa shape index (κ3) is 5.83. The smallest absolute Gasteiger partial charge is 0.396 e. The van der Waals surface area contributed by atoms with Gasteiger partial charge < -0.3 is 26.1 Å². The monoisotopic (exact) mass is 538 g/mol. The summed E-state index contributed by atoms with van der Waals surface area (Å²) in [7, 11) is 0. The second-order valence-corrected chi connectivity index (χ2v) is 11.0. The van der Waals surface area contributed by atoms with Crippen molar-refractivity contribution in [3.05, 3.63) is 18.5 Å². The van der Waals surface area contributed by atoms with Gasteiger partial charge in [-0.1, -0.05) is 39.5 Å². The van der Waals surface area contributed by atoms with Crippen molar-refractivity contribution in [2.45, 2.75) is 82.5 Å². The van der Waals surface area contributed by atoms with Gasteiger partial charge in [-0.2, -0.15) is 18.3 Å². The van der Waals surface area contributed by atoms with E-state index in [1.807, 2.05) is 13.8 Å². The molecule has 7 N–H and O–H groups in total. The van der Waals surface area contributed by atoms with Crippen LogP contribution in [0.1, 0.15) is 65.2 Å². The van der Waals surface area contributed by atoms with Gasteiger partial charge in [0.1, 0.15) is 5.69 Å². The van der Waals surface area contributed by atoms with Crippen LogP contribution in [0.25, 0.3) is 11.4 Å². The van der Waals surface area contributed by atoms with Crippen molar-refractivity contribution in [1.82, 2.24) is 20.1 Å². The number of piperidine rings is 1. The molecule has 210 valence electrons. The first-order chi connectivity index (χ1) is 17.9. The Bertz CT molecular complexity index is 1130. The van der Waals surface area contributed by atoms with Crippen molar-refractivity contribution in [2.75, 3.05) is 29.1 Å². The first-order valence-electron chi connectivity index (χ1n) is 13.0. The molecule has 3 heterocycles. The number of halogens is 3. The number of pyridine rings is 1. The minimum atomic E-state index is -4.74. The fourth-order valence-electron chi connectivity index (χ4n) is 4.75. The number of nitrogens with one attached hydrogen (secondary N) is 2. The van der Waals surface area contributed by atoms with E-state index in [1.54, 1.807) is 6.07 Å². The maximum Gasteiger partial charge on any atom is 0.417 e. The number of carbonyl (C=O) groups excluding carboxylic acids is 1. The number of nitrogens with zero attached hydrogens (tertiary/aromatic N) is 4. The summed E-state index contributed by atoms with van der Waals surface area (Å²) in [6.07, 6.45) is 3.82. The van der Waals surface area contributed by atoms with Crippen LogP contribution in [-0.2, 0) is 0 Å². The van der Waals surface area contributed by atoms with E-state index in [0.29, 0.717) is 47.8 Å². The Kier molecular flexibility index (Phi) is 7.80. The van der Waals surface area contributed by atoms with Gasteiger partial charge >= 0.3 is 12.2 Å². The topological polar surface area (TPSA) is 149 Å². The van der Waals surface area contributed by atoms with Crippen LogP contribution in [0.3, 0.4) is 0 Å². The Hall–Kier alpha value is -3.06. The highest BCUT2D eigenvalue weighted by Gasteiger charge is 2.65. The summed E-state index contributed by atoms with van der Waals surface area (Å²) in [4.78, 5) is 18.8. The predicted molar refractivity (Wildman–Crippen MR) is 139 cm³/mol. The SMILES string of the molecule is C1CCC1.CC(C)CN(N)c1cc(-c2[nH]ncc2NC(=O)N2CCC(O)(C(F)(F)F)CC23CC3)ncc1N. The molecule has 1 atom stereocenters. The minimum absolute atomic E-state index is 0.212. The summed E-state index contributed by atoms with van der Waals surface area (Å²) < 4.78 is 40.0. The van der Waals surface area contributed by atoms with E-state index >= 15 is 0 Å². The Labute approximate surface area is 219 Å². The molecule has 0 aromatic carbocycles. The van der Waals surface area contributed by atoms with Gasteiger partial charge in [0.25, 0.3) is 0 Å². The number of aromatic nitrogens is 3. The van der Waals surface area contributed by atoms with Crippen LogP contribution in [0.4, 0.5) is 35.0 Å². The molecule has 38 heavy (non-hydrogen) atoms. The molecule has 2 amide bonds. The maximum absolute atomic E-state index is 13.3. The number of alkyl halides is 3. The summed E-state index contributed by atoms with van der Waals surface area (Å²) >= 11 is 0. The fourth-order valence-corrected chi connectivity index (χ4v) is 4.75. The van der Waals surface area contributed by atoms with Crippen molar-refractivity contribution in [3.8, 4) is 11.4 Å². The Morgan fingerprint density at radius 2 is 1.89 bits per heavy atom. The lowest BCUT2D eigenvalue weighted by Gasteiger charge is -2.45. The van der Waals surface area contributed by atoms with Gasteiger partial charge in [-0.25, -0.2) is 10.6 Å². The predicted octanol–water partition coefficient (Wildman–Crippen LogP) is 4.40. The quantitative estimate of drug-likeness (QED) is 0.280. The molecule has 3 fully saturated rings. The Morgan fingerprint density at radius 3 is 2.45 bits per heavy atom. The van der Waals surface area contributed by atoms with Crippen LogP contribution in [0.15, 0.2) is 18.5 Å². The second kappa shape index (κ2) is 10.6. The number of rotatable bonds is 5. The third-order valence-electron chi connectivity index (χ3n) is 7.46. The molecule has 1 saturated heterocycles. The van der Waals surface area contributed by atoms with Crippen molar-refractivity contribution in [1.29, 1.82) is 0 Å². The number of anilines is 3. The van der Waals surface area contributed by atoms with Crippen molar-refractivity contribution >= 4 is 23.1 Å². The number of aromatic amines is 1. The van der Waals surface area contributed by atoms with Crippen LogP contribution in [0, 0.1) is 5.92 Å². The van der Waals surface area contributed by atoms with E-state index in [2.05, 4.69) is 20.5 Å². The first-order valence-corrected chi connectivity index (χ1v) is 13.0. The van der Waals surface area contributed by atoms with Crippen LogP contribution in [0.2, 0.25) is 0 Å². The minimum Gasteiger partial charge on any atom is -0.396 e. The van der Waals surface area contributed by atoms with Gasteiger partial charge in [0, 0.05) is 31.5 Å². The zero-order chi connectivity index (χ0) is 27.7. The molecule has 0 radical (unpaired) electrons. The lowest BCUT2D eigenvalue weighted by Crippen LogP contribution is -2.60. The Balaban J connectivity index is 0.000000768. The van der Waals surface area contributed by atoms with E-state index < -0.39 is 36.2 Å². The third-order valence-corrected chi connectivity index (χ3v) is 7.46. The number of nitrogens with two attached hydrogens (primary N) is 2. The van der Waals surface area contributed by atoms with Crippen molar-refractivity contribution < 1.29 is 23.1 Å². The molecule has 0 bridgehead atoms. The number of nitrogen functional groups attached to an aromatic ring is 1. The Morgan fingerprint density at radius 1 is 1.24 bits per heavy atom. The van der Waals surface area contributed by atoms with E-state index in [9.17, 15) is 23.1 Å². The molecular formula is C25H37F3N8O2. The summed E-state index contributed by atoms with van der Waals surface area (Å²) in [5.74, 6) is 6.44. The van der Waals surface area contributed by atoms with Crippen LogP contribution in [0.5, 0.6) is 0 Å². The summed E-state index contributed by atoms with van der Waals surface area (Å²) in [6, 6.07) is 1.12. The summed E-state index contributed by atoms with van der Waals surface area (Å²) in [5.41, 5.74) is 4.35. The highest BCUT2D eigenvalue weighted by molar-refractivity contribution is 5.94. The number of amides is 2. The molecule has 1 spiro atoms. The molecule has 3 aliphatic rings. The standard InChI is InChI=1S/C21H29F3N8O2.C4H8/c1-12(2)10-32(26)16-7-14(27-8-13(16)25)17-15(9-28-30-17)29-18(33)31-6-5-20(34,21(22,23)24)11-19(31)3-4-19;1-2-4-3-1/h7-9,12,34H,3-6,10-11,25-26H2,1-2H3,(H,28,30)(H,29,33);1-4H2. The van der Waals surface area contributed by atoms with E-state index in [1.165, 1.54) is 48.0 Å². The number of hydrogen-bond acceptors (Lipinski definition) is 7. The second-order valence-electron chi connectivity index (χ2n) is 11.0. The first kappa shape index (κ1) is 28.0. The van der Waals surface area contributed by atoms with Gasteiger partial charge in [-0.3, -0.25) is 10.1 Å². The number of aliphatic hydroxyl groups is 1. The maximum atomic E-state index is 13.3. The normalized spacial score (nSPS) is 21.9. The van der Waals surface area contributed by atoms with E-state index in [4.69, 9.17) is 11.6 Å². The lowest BCUT2D eigenvalue weighted by molar-refractivity contribution is -0.277. The van der Waals surface area contributed by atoms with Gasteiger partial charge in [-0.15, -0.1) is 0 Å². The van der Waals surface area contributed by atoms with Crippen molar-refractivity contribution in [3.63, 3.8) is 0 Å². The van der Waals surface area contributed by atoms with Gasteiger partial charge in [0.2, 0.25) is 0 Å². The largest absolute Gasteiger partial charge is 0.417 e. The van der Waals surface area contributed by atoms with Gasteiger partial charge in [-0.05, 0) is 24.8 Å². The molecule has 2 aliphatic carbocycles. The highest BCUT2D eigenvalue weighted by Crippen LogP contribution is 2.55. The molecule has 2 saturated carbocycles. The zero-order valence-electron chi connectivity index (χ0n) is 21.8. The highest BCUT2D eigenvalue weighted by atomic mass is 19.4. The molecule has 5 rings (SSSR count). The van der Waals surface area contributed by atoms with Crippen LogP contribution < -0.4 is 21.9 Å². The lowest BCUT2D eigenvalue weighted by atomic mass is 9.84. The van der Waals surface area contributed by atoms with Crippen LogP contribution >= 0.6 is 0 Å². The summed E-state index contributed by atoms with van der Waals surface area (Å²) in [5, 5.41) is 21.2. The molecule has 2 aromatic heterocycles. The van der Waals surface area contributed by atoms with Crippen LogP contribution in [-0.4, -0.2) is 61.6 Å². The average Bonchev–Trinajstić information content (AvgIpc) is 3.36. The molecule has 2 aromatic rings. The zero-order valence-corrected chi connectivity index (χ0v) is 21.8. The molecular weight excluding hydrogens is 501 g/mol. The molecule has 10 nitrogen and oxygen atoms in total. The summed E-state index contributed by atoms with van der Waals surface area (Å²) in [6.45, 7) is 4.38. The van der Waals surface area contributed by atoms with E-state index in [-0.39, 0.29) is 12.5 Å². The van der Waals surface area contributed by atoms with Crippen molar-refractivity contribution in [2.24, 2.45) is 11.8 Å². The number of H-pyrrole nitrogens is 1. The number of likely N-dealkylation sites (tertiary alicyclic amines) is 1. The van der Waals surface area contributed by atoms with Gasteiger partial charge in [0.15, 0.2) is 5.60 Å². The molecule has 13 heteroatoms. The van der Waals surface area contributed by atoms with Gasteiger partial charge in [0.05, 0.1) is 35.1 Å². The molecule has 1 aliphatic heterocycles. The number of carbonyl (C=O) groups is 1. The van der Waals surface area contributed by atoms with E-state index in [0.717, 1.165) is 0 Å². The average molecular weight is 539 g/mol.